The number of benzene rings is 2. The zero-order chi connectivity index (χ0) is 20.8. The van der Waals surface area contributed by atoms with E-state index >= 15 is 0 Å². The van der Waals surface area contributed by atoms with Crippen molar-refractivity contribution in [2.45, 2.75) is 13.8 Å². The van der Waals surface area contributed by atoms with Crippen molar-refractivity contribution in [3.8, 4) is 5.75 Å². The number of amides is 1. The van der Waals surface area contributed by atoms with Gasteiger partial charge in [0.25, 0.3) is 5.91 Å². The molecule has 1 aliphatic rings. The molecule has 6 nitrogen and oxygen atoms in total. The van der Waals surface area contributed by atoms with Crippen molar-refractivity contribution in [1.82, 2.24) is 4.90 Å². The summed E-state index contributed by atoms with van der Waals surface area (Å²) in [5.41, 5.74) is 1.55. The molecule has 29 heavy (non-hydrogen) atoms. The number of para-hydroxylation sites is 1. The minimum absolute atomic E-state index is 0.0877. The van der Waals surface area contributed by atoms with Gasteiger partial charge in [0.2, 0.25) is 0 Å². The van der Waals surface area contributed by atoms with Gasteiger partial charge in [-0.3, -0.25) is 9.69 Å². The van der Waals surface area contributed by atoms with Gasteiger partial charge in [0.15, 0.2) is 11.8 Å². The zero-order valence-electron chi connectivity index (χ0n) is 16.2. The van der Waals surface area contributed by atoms with E-state index in [1.165, 1.54) is 11.8 Å². The first-order valence-corrected chi connectivity index (χ1v) is 10.0. The number of carboxylic acids is 1. The molecule has 150 valence electrons. The van der Waals surface area contributed by atoms with Crippen molar-refractivity contribution in [3.63, 3.8) is 0 Å². The number of carbonyl (C=O) groups is 2. The molecule has 0 saturated carbocycles. The monoisotopic (exact) mass is 410 g/mol. The van der Waals surface area contributed by atoms with Crippen molar-refractivity contribution in [2.75, 3.05) is 13.2 Å². The van der Waals surface area contributed by atoms with Crippen molar-refractivity contribution in [3.05, 3.63) is 65.1 Å². The summed E-state index contributed by atoms with van der Waals surface area (Å²) < 4.78 is 5.22. The first kappa shape index (κ1) is 20.7. The summed E-state index contributed by atoms with van der Waals surface area (Å²) in [6, 6.07) is 16.5. The molecule has 0 atom stereocenters. The van der Waals surface area contributed by atoms with Crippen LogP contribution in [0.4, 0.5) is 5.69 Å². The molecule has 1 saturated heterocycles. The third-order valence-electron chi connectivity index (χ3n) is 3.93. The molecule has 1 heterocycles. The molecule has 2 aromatic carbocycles. The summed E-state index contributed by atoms with van der Waals surface area (Å²) in [6.07, 6.45) is 1.78. The quantitative estimate of drug-likeness (QED) is 0.684. The number of carboxylic acid groups (broad SMARTS) is 1. The lowest BCUT2D eigenvalue weighted by atomic mass is 10.2. The lowest BCUT2D eigenvalue weighted by Crippen LogP contribution is -2.32. The molecule has 0 unspecified atom stereocenters. The molecule has 2 aromatic rings. The summed E-state index contributed by atoms with van der Waals surface area (Å²) in [4.78, 5) is 30.6. The van der Waals surface area contributed by atoms with Gasteiger partial charge in [0, 0.05) is 6.54 Å². The fraction of sp³-hybridized carbons (Fsp3) is 0.227. The van der Waals surface area contributed by atoms with E-state index in [0.29, 0.717) is 28.3 Å². The molecule has 0 spiro atoms. The maximum atomic E-state index is 13.0. The van der Waals surface area contributed by atoms with E-state index in [1.54, 1.807) is 29.2 Å². The fourth-order valence-corrected chi connectivity index (χ4v) is 3.73. The Morgan fingerprint density at radius 2 is 1.97 bits per heavy atom. The highest BCUT2D eigenvalue weighted by molar-refractivity contribution is 8.18. The molecule has 0 radical (unpaired) electrons. The number of amidine groups is 1. The SMILES string of the molecule is CC(C)CN1C(=O)C(=Cc2cccc(OCC(=O)O)c2)SC1=Nc1ccccc1. The zero-order valence-corrected chi connectivity index (χ0v) is 17.1. The van der Waals surface area contributed by atoms with Gasteiger partial charge in [-0.1, -0.05) is 44.2 Å². The van der Waals surface area contributed by atoms with E-state index in [4.69, 9.17) is 9.84 Å². The van der Waals surface area contributed by atoms with Gasteiger partial charge >= 0.3 is 5.97 Å². The van der Waals surface area contributed by atoms with Gasteiger partial charge in [0.05, 0.1) is 10.6 Å². The highest BCUT2D eigenvalue weighted by atomic mass is 32.2. The third-order valence-corrected chi connectivity index (χ3v) is 4.94. The molecule has 0 bridgehead atoms. The molecule has 1 N–H and O–H groups in total. The van der Waals surface area contributed by atoms with Crippen molar-refractivity contribution in [2.24, 2.45) is 10.9 Å². The Morgan fingerprint density at radius 3 is 2.66 bits per heavy atom. The van der Waals surface area contributed by atoms with Crippen LogP contribution in [-0.2, 0) is 9.59 Å². The number of nitrogens with zero attached hydrogens (tertiary/aromatic N) is 2. The Hall–Kier alpha value is -3.06. The summed E-state index contributed by atoms with van der Waals surface area (Å²) in [5.74, 6) is -0.390. The first-order chi connectivity index (χ1) is 13.9. The van der Waals surface area contributed by atoms with Crippen LogP contribution in [0.25, 0.3) is 6.08 Å². The number of carbonyl (C=O) groups excluding carboxylic acids is 1. The van der Waals surface area contributed by atoms with Gasteiger partial charge < -0.3 is 9.84 Å². The van der Waals surface area contributed by atoms with Gasteiger partial charge in [-0.25, -0.2) is 9.79 Å². The molecule has 3 rings (SSSR count). The van der Waals surface area contributed by atoms with E-state index in [0.717, 1.165) is 11.3 Å². The maximum Gasteiger partial charge on any atom is 0.341 e. The van der Waals surface area contributed by atoms with Crippen LogP contribution in [0.1, 0.15) is 19.4 Å². The number of rotatable bonds is 7. The van der Waals surface area contributed by atoms with Crippen molar-refractivity contribution < 1.29 is 19.4 Å². The topological polar surface area (TPSA) is 79.2 Å². The number of aliphatic carboxylic acids is 1. The summed E-state index contributed by atoms with van der Waals surface area (Å²) >= 11 is 1.34. The van der Waals surface area contributed by atoms with E-state index in [1.807, 2.05) is 36.4 Å². The lowest BCUT2D eigenvalue weighted by Gasteiger charge is -2.17. The van der Waals surface area contributed by atoms with Crippen molar-refractivity contribution in [1.29, 1.82) is 0 Å². The molecule has 1 amide bonds. The predicted octanol–water partition coefficient (Wildman–Crippen LogP) is 4.41. The second kappa shape index (κ2) is 9.43. The number of ether oxygens (including phenoxy) is 1. The fourth-order valence-electron chi connectivity index (χ4n) is 2.72. The average Bonchev–Trinajstić information content (AvgIpc) is 2.96. The van der Waals surface area contributed by atoms with Crippen LogP contribution in [0.15, 0.2) is 64.5 Å². The van der Waals surface area contributed by atoms with Crippen LogP contribution >= 0.6 is 11.8 Å². The maximum absolute atomic E-state index is 13.0. The molecular formula is C22H22N2O4S. The van der Waals surface area contributed by atoms with Crippen LogP contribution in [0.2, 0.25) is 0 Å². The smallest absolute Gasteiger partial charge is 0.341 e. The van der Waals surface area contributed by atoms with Crippen LogP contribution in [-0.4, -0.2) is 40.2 Å². The highest BCUT2D eigenvalue weighted by Crippen LogP contribution is 2.35. The van der Waals surface area contributed by atoms with Gasteiger partial charge in [-0.2, -0.15) is 0 Å². The molecule has 0 aromatic heterocycles. The van der Waals surface area contributed by atoms with Gasteiger partial charge in [-0.15, -0.1) is 0 Å². The van der Waals surface area contributed by atoms with Crippen LogP contribution in [0.3, 0.4) is 0 Å². The molecule has 1 aliphatic heterocycles. The summed E-state index contributed by atoms with van der Waals surface area (Å²) in [6.45, 7) is 4.28. The Balaban J connectivity index is 1.88. The summed E-state index contributed by atoms with van der Waals surface area (Å²) in [7, 11) is 0. The number of hydrogen-bond donors (Lipinski definition) is 1. The Kier molecular flexibility index (Phi) is 6.72. The number of aliphatic imine (C=N–C) groups is 1. The first-order valence-electron chi connectivity index (χ1n) is 9.22. The third kappa shape index (κ3) is 5.71. The van der Waals surface area contributed by atoms with Crippen LogP contribution < -0.4 is 4.74 Å². The predicted molar refractivity (Wildman–Crippen MR) is 115 cm³/mol. The van der Waals surface area contributed by atoms with E-state index in [2.05, 4.69) is 18.8 Å². The van der Waals surface area contributed by atoms with Gasteiger partial charge in [0.1, 0.15) is 5.75 Å². The van der Waals surface area contributed by atoms with E-state index in [9.17, 15) is 9.59 Å². The van der Waals surface area contributed by atoms with E-state index < -0.39 is 12.6 Å². The Bertz CT molecular complexity index is 954. The van der Waals surface area contributed by atoms with Gasteiger partial charge in [-0.05, 0) is 53.6 Å². The normalized spacial score (nSPS) is 16.8. The molecule has 1 fully saturated rings. The molecule has 7 heteroatoms. The lowest BCUT2D eigenvalue weighted by molar-refractivity contribution is -0.139. The standard InChI is InChI=1S/C22H22N2O4S/c1-15(2)13-24-21(27)19(29-22(24)23-17-8-4-3-5-9-17)12-16-7-6-10-18(11-16)28-14-20(25)26/h3-12,15H,13-14H2,1-2H3,(H,25,26). The second-order valence-corrected chi connectivity index (χ2v) is 7.91. The van der Waals surface area contributed by atoms with Crippen LogP contribution in [0, 0.1) is 5.92 Å². The molecular weight excluding hydrogens is 388 g/mol. The van der Waals surface area contributed by atoms with E-state index in [-0.39, 0.29) is 5.91 Å². The minimum Gasteiger partial charge on any atom is -0.482 e. The van der Waals surface area contributed by atoms with Crippen LogP contribution in [0.5, 0.6) is 5.75 Å². The number of thioether (sulfide) groups is 1. The highest BCUT2D eigenvalue weighted by Gasteiger charge is 2.33. The Labute approximate surface area is 173 Å². The minimum atomic E-state index is -1.04. The Morgan fingerprint density at radius 1 is 1.21 bits per heavy atom. The summed E-state index contributed by atoms with van der Waals surface area (Å²) in [5, 5.41) is 9.41. The molecule has 0 aliphatic carbocycles. The average molecular weight is 410 g/mol. The number of hydrogen-bond acceptors (Lipinski definition) is 5. The largest absolute Gasteiger partial charge is 0.482 e. The second-order valence-electron chi connectivity index (χ2n) is 6.91. The van der Waals surface area contributed by atoms with Crippen molar-refractivity contribution >= 4 is 40.6 Å².